The summed E-state index contributed by atoms with van der Waals surface area (Å²) in [4.78, 5) is 11.1. The van der Waals surface area contributed by atoms with E-state index in [2.05, 4.69) is 4.74 Å². The van der Waals surface area contributed by atoms with Crippen LogP contribution in [-0.4, -0.2) is 13.1 Å². The predicted octanol–water partition coefficient (Wildman–Crippen LogP) is 2.57. The Labute approximate surface area is 100.0 Å². The SMILES string of the molecule is COC(=O)c1ccc(C(C)N)c(Cl)c1.Cl. The van der Waals surface area contributed by atoms with Crippen LogP contribution in [0.3, 0.4) is 0 Å². The highest BCUT2D eigenvalue weighted by molar-refractivity contribution is 6.31. The van der Waals surface area contributed by atoms with Gasteiger partial charge in [0, 0.05) is 11.1 Å². The van der Waals surface area contributed by atoms with E-state index < -0.39 is 5.97 Å². The number of esters is 1. The van der Waals surface area contributed by atoms with Crippen LogP contribution in [0.5, 0.6) is 0 Å². The zero-order valence-corrected chi connectivity index (χ0v) is 10.1. The summed E-state index contributed by atoms with van der Waals surface area (Å²) in [5.74, 6) is -0.400. The zero-order chi connectivity index (χ0) is 10.7. The van der Waals surface area contributed by atoms with Crippen molar-refractivity contribution < 1.29 is 9.53 Å². The van der Waals surface area contributed by atoms with Gasteiger partial charge in [0.1, 0.15) is 0 Å². The molecule has 0 amide bonds. The first-order chi connectivity index (χ1) is 6.56. The monoisotopic (exact) mass is 249 g/mol. The molecule has 1 unspecified atom stereocenters. The Hall–Kier alpha value is -0.770. The first-order valence-electron chi connectivity index (χ1n) is 4.19. The van der Waals surface area contributed by atoms with E-state index in [0.29, 0.717) is 10.6 Å². The van der Waals surface area contributed by atoms with E-state index in [1.807, 2.05) is 6.92 Å². The van der Waals surface area contributed by atoms with Crippen molar-refractivity contribution in [2.45, 2.75) is 13.0 Å². The van der Waals surface area contributed by atoms with Crippen molar-refractivity contribution in [3.8, 4) is 0 Å². The molecule has 0 radical (unpaired) electrons. The van der Waals surface area contributed by atoms with Crippen LogP contribution in [0.25, 0.3) is 0 Å². The Balaban J connectivity index is 0.00000196. The molecule has 0 aliphatic carbocycles. The van der Waals surface area contributed by atoms with Crippen molar-refractivity contribution in [1.29, 1.82) is 0 Å². The standard InChI is InChI=1S/C10H12ClNO2.ClH/c1-6(12)8-4-3-7(5-9(8)11)10(13)14-2;/h3-6H,12H2,1-2H3;1H. The van der Waals surface area contributed by atoms with E-state index in [1.54, 1.807) is 18.2 Å². The van der Waals surface area contributed by atoms with Gasteiger partial charge in [-0.2, -0.15) is 0 Å². The average Bonchev–Trinajstić information content (AvgIpc) is 2.15. The van der Waals surface area contributed by atoms with E-state index in [0.717, 1.165) is 5.56 Å². The second-order valence-electron chi connectivity index (χ2n) is 3.02. The number of hydrogen-bond acceptors (Lipinski definition) is 3. The van der Waals surface area contributed by atoms with E-state index in [9.17, 15) is 4.79 Å². The number of nitrogens with two attached hydrogens (primary N) is 1. The summed E-state index contributed by atoms with van der Waals surface area (Å²) in [6, 6.07) is 4.80. The maximum Gasteiger partial charge on any atom is 0.337 e. The third-order valence-electron chi connectivity index (χ3n) is 1.91. The van der Waals surface area contributed by atoms with Crippen molar-refractivity contribution in [3.05, 3.63) is 34.3 Å². The van der Waals surface area contributed by atoms with E-state index >= 15 is 0 Å². The highest BCUT2D eigenvalue weighted by Gasteiger charge is 2.10. The van der Waals surface area contributed by atoms with Crippen LogP contribution in [0.1, 0.15) is 28.9 Å². The number of hydrogen-bond donors (Lipinski definition) is 1. The van der Waals surface area contributed by atoms with Crippen molar-refractivity contribution in [3.63, 3.8) is 0 Å². The number of carbonyl (C=O) groups excluding carboxylic acids is 1. The minimum absolute atomic E-state index is 0. The summed E-state index contributed by atoms with van der Waals surface area (Å²) in [5, 5.41) is 0.489. The van der Waals surface area contributed by atoms with Gasteiger partial charge in [0.05, 0.1) is 12.7 Å². The van der Waals surface area contributed by atoms with Crippen molar-refractivity contribution in [2.24, 2.45) is 5.73 Å². The molecule has 0 aliphatic heterocycles. The molecule has 0 aromatic heterocycles. The molecule has 84 valence electrons. The highest BCUT2D eigenvalue weighted by atomic mass is 35.5. The molecule has 1 rings (SSSR count). The molecule has 5 heteroatoms. The van der Waals surface area contributed by atoms with Gasteiger partial charge in [-0.1, -0.05) is 17.7 Å². The lowest BCUT2D eigenvalue weighted by Crippen LogP contribution is -2.07. The minimum Gasteiger partial charge on any atom is -0.465 e. The molecule has 1 aromatic rings. The second kappa shape index (κ2) is 5.95. The predicted molar refractivity (Wildman–Crippen MR) is 62.6 cm³/mol. The molecular formula is C10H13Cl2NO2. The van der Waals surface area contributed by atoms with Crippen LogP contribution in [0.2, 0.25) is 5.02 Å². The number of halogens is 2. The van der Waals surface area contributed by atoms with Gasteiger partial charge in [-0.05, 0) is 24.6 Å². The van der Waals surface area contributed by atoms with E-state index in [1.165, 1.54) is 7.11 Å². The third kappa shape index (κ3) is 3.38. The molecule has 0 saturated carbocycles. The normalized spacial score (nSPS) is 11.5. The second-order valence-corrected chi connectivity index (χ2v) is 3.42. The Morgan fingerprint density at radius 3 is 2.53 bits per heavy atom. The number of methoxy groups -OCH3 is 1. The summed E-state index contributed by atoms with van der Waals surface area (Å²) < 4.78 is 4.56. The molecule has 0 aliphatic rings. The molecule has 1 atom stereocenters. The van der Waals surface area contributed by atoms with Crippen LogP contribution < -0.4 is 5.73 Å². The van der Waals surface area contributed by atoms with Gasteiger partial charge in [0.15, 0.2) is 0 Å². The number of ether oxygens (including phenoxy) is 1. The highest BCUT2D eigenvalue weighted by Crippen LogP contribution is 2.22. The summed E-state index contributed by atoms with van der Waals surface area (Å²) in [6.07, 6.45) is 0. The van der Waals surface area contributed by atoms with Crippen LogP contribution >= 0.6 is 24.0 Å². The lowest BCUT2D eigenvalue weighted by molar-refractivity contribution is 0.0600. The first kappa shape index (κ1) is 14.2. The molecule has 0 bridgehead atoms. The summed E-state index contributed by atoms with van der Waals surface area (Å²) in [5.41, 5.74) is 6.92. The molecular weight excluding hydrogens is 237 g/mol. The smallest absolute Gasteiger partial charge is 0.337 e. The van der Waals surface area contributed by atoms with Gasteiger partial charge < -0.3 is 10.5 Å². The molecule has 0 heterocycles. The fraction of sp³-hybridized carbons (Fsp3) is 0.300. The van der Waals surface area contributed by atoms with Gasteiger partial charge in [0.2, 0.25) is 0 Å². The molecule has 15 heavy (non-hydrogen) atoms. The number of rotatable bonds is 2. The molecule has 0 fully saturated rings. The van der Waals surface area contributed by atoms with Gasteiger partial charge in [-0.3, -0.25) is 0 Å². The molecule has 0 saturated heterocycles. The number of benzene rings is 1. The molecule has 3 nitrogen and oxygen atoms in total. The van der Waals surface area contributed by atoms with Crippen LogP contribution in [-0.2, 0) is 4.74 Å². The van der Waals surface area contributed by atoms with Crippen LogP contribution in [0.15, 0.2) is 18.2 Å². The molecule has 2 N–H and O–H groups in total. The van der Waals surface area contributed by atoms with E-state index in [-0.39, 0.29) is 18.4 Å². The lowest BCUT2D eigenvalue weighted by atomic mass is 10.1. The zero-order valence-electron chi connectivity index (χ0n) is 8.49. The Morgan fingerprint density at radius 1 is 1.53 bits per heavy atom. The van der Waals surface area contributed by atoms with Crippen molar-refractivity contribution >= 4 is 30.0 Å². The maximum absolute atomic E-state index is 11.1. The van der Waals surface area contributed by atoms with E-state index in [4.69, 9.17) is 17.3 Å². The van der Waals surface area contributed by atoms with Gasteiger partial charge in [-0.25, -0.2) is 4.79 Å². The first-order valence-corrected chi connectivity index (χ1v) is 4.57. The summed E-state index contributed by atoms with van der Waals surface area (Å²) in [6.45, 7) is 1.83. The maximum atomic E-state index is 11.1. The van der Waals surface area contributed by atoms with Crippen molar-refractivity contribution in [2.75, 3.05) is 7.11 Å². The van der Waals surface area contributed by atoms with Gasteiger partial charge in [-0.15, -0.1) is 12.4 Å². The lowest BCUT2D eigenvalue weighted by Gasteiger charge is -2.08. The third-order valence-corrected chi connectivity index (χ3v) is 2.24. The molecule has 0 spiro atoms. The van der Waals surface area contributed by atoms with Gasteiger partial charge >= 0.3 is 5.97 Å². The number of carbonyl (C=O) groups is 1. The topological polar surface area (TPSA) is 52.3 Å². The van der Waals surface area contributed by atoms with Crippen LogP contribution in [0.4, 0.5) is 0 Å². The van der Waals surface area contributed by atoms with Crippen molar-refractivity contribution in [1.82, 2.24) is 0 Å². The minimum atomic E-state index is -0.400. The fourth-order valence-corrected chi connectivity index (χ4v) is 1.49. The Morgan fingerprint density at radius 2 is 2.13 bits per heavy atom. The molecule has 1 aromatic carbocycles. The quantitative estimate of drug-likeness (QED) is 0.820. The summed E-state index contributed by atoms with van der Waals surface area (Å²) in [7, 11) is 1.33. The fourth-order valence-electron chi connectivity index (χ4n) is 1.14. The average molecular weight is 250 g/mol. The Kier molecular flexibility index (Phi) is 5.65. The Bertz CT molecular complexity index is 353. The summed E-state index contributed by atoms with van der Waals surface area (Å²) >= 11 is 5.94. The van der Waals surface area contributed by atoms with Crippen LogP contribution in [0, 0.1) is 0 Å². The van der Waals surface area contributed by atoms with Gasteiger partial charge in [0.25, 0.3) is 0 Å². The largest absolute Gasteiger partial charge is 0.465 e.